The largest absolute Gasteiger partial charge is 0.396 e. The molecule has 0 aromatic heterocycles. The number of carbonyl (C=O) groups is 2. The molecule has 3 aliphatic heterocycles. The molecule has 0 bridgehead atoms. The van der Waals surface area contributed by atoms with Crippen molar-refractivity contribution in [2.24, 2.45) is 5.92 Å². The van der Waals surface area contributed by atoms with Crippen LogP contribution in [0.25, 0.3) is 0 Å². The topological polar surface area (TPSA) is 169 Å². The average molecular weight is 639 g/mol. The highest BCUT2D eigenvalue weighted by Gasteiger charge is 2.66. The van der Waals surface area contributed by atoms with Gasteiger partial charge in [0.2, 0.25) is 8.41 Å². The van der Waals surface area contributed by atoms with Crippen molar-refractivity contribution in [3.8, 4) is 0 Å². The van der Waals surface area contributed by atoms with Crippen LogP contribution in [0.1, 0.15) is 24.5 Å². The maximum atomic E-state index is 15.7. The molecule has 3 heterocycles. The quantitative estimate of drug-likeness (QED) is 0.196. The number of nitrogens with zero attached hydrogens (tertiary/aromatic N) is 1. The van der Waals surface area contributed by atoms with Crippen LogP contribution in [0.5, 0.6) is 0 Å². The molecule has 6 N–H and O–H groups in total. The summed E-state index contributed by atoms with van der Waals surface area (Å²) in [5.74, 6) is -1.78. The fourth-order valence-electron chi connectivity index (χ4n) is 6.79. The monoisotopic (exact) mass is 638 g/mol. The Morgan fingerprint density at radius 3 is 2.51 bits per heavy atom. The zero-order valence-corrected chi connectivity index (χ0v) is 25.6. The van der Waals surface area contributed by atoms with Gasteiger partial charge in [0.25, 0.3) is 11.8 Å². The van der Waals surface area contributed by atoms with Crippen LogP contribution in [0.3, 0.4) is 0 Å². The van der Waals surface area contributed by atoms with Crippen LogP contribution in [-0.4, -0.2) is 89.2 Å². The molecule has 3 aliphatic rings. The minimum atomic E-state index is -3.35. The van der Waals surface area contributed by atoms with E-state index in [-0.39, 0.29) is 31.2 Å². The summed E-state index contributed by atoms with van der Waals surface area (Å²) in [4.78, 5) is 28.7. The fourth-order valence-corrected chi connectivity index (χ4v) is 9.51. The Hall–Kier alpha value is -2.46. The molecule has 9 atom stereocenters. The predicted molar refractivity (Wildman–Crippen MR) is 156 cm³/mol. The van der Waals surface area contributed by atoms with E-state index in [1.807, 2.05) is 6.92 Å². The van der Waals surface area contributed by atoms with Gasteiger partial charge in [0, 0.05) is 34.3 Å². The van der Waals surface area contributed by atoms with Crippen LogP contribution < -0.4 is 10.2 Å². The van der Waals surface area contributed by atoms with E-state index in [0.29, 0.717) is 21.8 Å². The lowest BCUT2D eigenvalue weighted by Gasteiger charge is -2.37. The van der Waals surface area contributed by atoms with Crippen LogP contribution in [0.2, 0.25) is 23.7 Å². The molecule has 0 unspecified atom stereocenters. The highest BCUT2D eigenvalue weighted by Crippen LogP contribution is 2.60. The van der Waals surface area contributed by atoms with E-state index >= 15 is 4.11 Å². The van der Waals surface area contributed by atoms with Crippen LogP contribution in [0.15, 0.2) is 42.5 Å². The lowest BCUT2D eigenvalue weighted by molar-refractivity contribution is -0.274. The summed E-state index contributed by atoms with van der Waals surface area (Å²) < 4.78 is 27.2. The molecular weight excluding hydrogens is 603 g/mol. The molecule has 5 rings (SSSR count). The minimum Gasteiger partial charge on any atom is -0.396 e. The van der Waals surface area contributed by atoms with Crippen molar-refractivity contribution < 1.29 is 48.7 Å². The lowest BCUT2D eigenvalue weighted by atomic mass is 9.82. The molecule has 14 heteroatoms. The smallest absolute Gasteiger partial charge is 0.264 e. The zero-order chi connectivity index (χ0) is 31.4. The second-order valence-electron chi connectivity index (χ2n) is 11.9. The van der Waals surface area contributed by atoms with Gasteiger partial charge in [-0.1, -0.05) is 30.7 Å². The minimum absolute atomic E-state index is 0.0625. The van der Waals surface area contributed by atoms with Crippen molar-refractivity contribution >= 4 is 43.2 Å². The summed E-state index contributed by atoms with van der Waals surface area (Å²) in [5.41, 5.74) is -0.0625. The third kappa shape index (κ3) is 5.51. The molecule has 2 saturated heterocycles. The number of halogens is 2. The third-order valence-corrected chi connectivity index (χ3v) is 11.4. The van der Waals surface area contributed by atoms with Gasteiger partial charge >= 0.3 is 0 Å². The molecule has 1 spiro atoms. The molecule has 2 aromatic rings. The second-order valence-corrected chi connectivity index (χ2v) is 16.2. The second kappa shape index (κ2) is 11.8. The molecule has 11 nitrogen and oxygen atoms in total. The van der Waals surface area contributed by atoms with E-state index in [4.69, 9.17) is 21.1 Å². The molecule has 0 radical (unpaired) electrons. The number of ether oxygens (including phenoxy) is 2. The highest BCUT2D eigenvalue weighted by molar-refractivity contribution is 6.72. The predicted octanol–water partition coefficient (Wildman–Crippen LogP) is 1.78. The number of amides is 2. The van der Waals surface area contributed by atoms with Gasteiger partial charge in [-0.05, 0) is 55.4 Å². The number of hydrogen-bond donors (Lipinski definition) is 6. The number of aliphatic hydroxyl groups is 5. The van der Waals surface area contributed by atoms with Crippen molar-refractivity contribution in [2.45, 2.75) is 80.9 Å². The molecular formula is C29H36ClFN2O9Si. The van der Waals surface area contributed by atoms with Crippen molar-refractivity contribution in [3.05, 3.63) is 58.6 Å². The first kappa shape index (κ1) is 31.9. The van der Waals surface area contributed by atoms with Crippen molar-refractivity contribution in [1.29, 1.82) is 0 Å². The van der Waals surface area contributed by atoms with Crippen LogP contribution in [0.4, 0.5) is 15.5 Å². The molecule has 234 valence electrons. The summed E-state index contributed by atoms with van der Waals surface area (Å²) >= 11 is 6.38. The number of benzene rings is 2. The summed E-state index contributed by atoms with van der Waals surface area (Å²) in [6.45, 7) is 4.82. The molecule has 2 fully saturated rings. The van der Waals surface area contributed by atoms with Crippen molar-refractivity contribution in [3.63, 3.8) is 0 Å². The Balaban J connectivity index is 1.42. The Labute approximate surface area is 254 Å². The number of anilines is 2. The van der Waals surface area contributed by atoms with E-state index in [9.17, 15) is 35.1 Å². The molecule has 2 aromatic carbocycles. The number of aliphatic hydroxyl groups excluding tert-OH is 5. The fraction of sp³-hybridized carbons (Fsp3) is 0.517. The van der Waals surface area contributed by atoms with Crippen molar-refractivity contribution in [1.82, 2.24) is 0 Å². The Morgan fingerprint density at radius 2 is 1.84 bits per heavy atom. The van der Waals surface area contributed by atoms with Gasteiger partial charge in [-0.25, -0.2) is 0 Å². The Morgan fingerprint density at radius 1 is 1.12 bits per heavy atom. The first-order valence-electron chi connectivity index (χ1n) is 14.1. The molecule has 0 aliphatic carbocycles. The number of carbonyl (C=O) groups excluding carboxylic acids is 2. The molecule has 43 heavy (non-hydrogen) atoms. The first-order chi connectivity index (χ1) is 20.2. The summed E-state index contributed by atoms with van der Waals surface area (Å²) in [6.07, 6.45) is -9.35. The Kier molecular flexibility index (Phi) is 8.77. The number of hydrogen-bond acceptors (Lipinski definition) is 9. The van der Waals surface area contributed by atoms with Crippen LogP contribution >= 0.6 is 11.6 Å². The lowest BCUT2D eigenvalue weighted by Crippen LogP contribution is -2.60. The third-order valence-electron chi connectivity index (χ3n) is 8.72. The average Bonchev–Trinajstić information content (AvgIpc) is 3.36. The summed E-state index contributed by atoms with van der Waals surface area (Å²) in [7, 11) is -3.35. The highest BCUT2D eigenvalue weighted by atomic mass is 35.5. The number of fused-ring (bicyclic) bond motifs is 2. The SMILES string of the molecule is C[C@H]1[C@H]([Si](C)(C)F)[C@@H](CCO)O[C@]12C(=O)N(Cc1cccc(NC(=O)[C@H]3O[C@@H](O)[C@H](O)[C@@H](O)[C@@H]3O)c1)c1ccc(Cl)cc12. The van der Waals surface area contributed by atoms with Gasteiger partial charge in [-0.3, -0.25) is 9.59 Å². The first-order valence-corrected chi connectivity index (χ1v) is 17.4. The maximum Gasteiger partial charge on any atom is 0.264 e. The van der Waals surface area contributed by atoms with E-state index in [1.54, 1.807) is 55.6 Å². The van der Waals surface area contributed by atoms with Gasteiger partial charge in [0.05, 0.1) is 18.3 Å². The zero-order valence-electron chi connectivity index (χ0n) is 23.9. The van der Waals surface area contributed by atoms with E-state index in [0.717, 1.165) is 0 Å². The molecule has 2 amide bonds. The summed E-state index contributed by atoms with van der Waals surface area (Å²) in [5, 5.41) is 52.3. The molecule has 0 saturated carbocycles. The van der Waals surface area contributed by atoms with E-state index in [2.05, 4.69) is 5.32 Å². The maximum absolute atomic E-state index is 15.7. The number of nitrogens with one attached hydrogen (secondary N) is 1. The van der Waals surface area contributed by atoms with E-state index < -0.39 is 68.2 Å². The summed E-state index contributed by atoms with van der Waals surface area (Å²) in [6, 6.07) is 11.6. The number of rotatable bonds is 7. The van der Waals surface area contributed by atoms with Crippen LogP contribution in [-0.2, 0) is 31.2 Å². The van der Waals surface area contributed by atoms with E-state index in [1.165, 1.54) is 4.90 Å². The van der Waals surface area contributed by atoms with Gasteiger partial charge < -0.3 is 49.3 Å². The standard InChI is InChI=1S/C29H36ClFN2O9Si/c1-14-25(43(2,3)31)20(9-10-34)42-29(14)18-12-16(30)7-8-19(18)33(28(29)40)13-15-5-4-6-17(11-15)32-26(38)24-22(36)21(35)23(37)27(39)41-24/h4-8,11-12,14,20-25,27,34-37,39H,9-10,13H2,1-3H3,(H,32,38)/t14-,20+,21-,22-,23+,24-,25-,27+,29+/m0/s1. The normalized spacial score (nSPS) is 34.1. The van der Waals surface area contributed by atoms with Crippen LogP contribution in [0, 0.1) is 5.92 Å². The van der Waals surface area contributed by atoms with Gasteiger partial charge in [0.15, 0.2) is 18.0 Å². The Bertz CT molecular complexity index is 1400. The van der Waals surface area contributed by atoms with Gasteiger partial charge in [0.1, 0.15) is 18.3 Å². The van der Waals surface area contributed by atoms with Gasteiger partial charge in [-0.2, -0.15) is 0 Å². The van der Waals surface area contributed by atoms with Gasteiger partial charge in [-0.15, -0.1) is 0 Å². The van der Waals surface area contributed by atoms with Crippen molar-refractivity contribution in [2.75, 3.05) is 16.8 Å².